The molecule has 164 valence electrons. The number of urea groups is 1. The van der Waals surface area contributed by atoms with E-state index in [0.717, 1.165) is 30.2 Å². The molecule has 2 aromatic rings. The van der Waals surface area contributed by atoms with Crippen LogP contribution in [0.4, 0.5) is 16.3 Å². The number of benzene rings is 1. The molecule has 3 amide bonds. The Kier molecular flexibility index (Phi) is 6.06. The Balaban J connectivity index is 1.34. The summed E-state index contributed by atoms with van der Waals surface area (Å²) < 4.78 is 0. The minimum atomic E-state index is -0.152. The molecule has 1 aliphatic carbocycles. The van der Waals surface area contributed by atoms with Gasteiger partial charge in [0.25, 0.3) is 5.91 Å². The molecule has 1 saturated heterocycles. The Hall–Kier alpha value is -3.16. The van der Waals surface area contributed by atoms with E-state index in [9.17, 15) is 9.59 Å². The van der Waals surface area contributed by atoms with Gasteiger partial charge in [0.1, 0.15) is 11.6 Å². The second-order valence-corrected chi connectivity index (χ2v) is 8.61. The summed E-state index contributed by atoms with van der Waals surface area (Å²) >= 11 is 0. The molecule has 0 unspecified atom stereocenters. The van der Waals surface area contributed by atoms with E-state index in [1.807, 2.05) is 13.0 Å². The number of carbonyl (C=O) groups excluding carboxylic acids is 2. The highest BCUT2D eigenvalue weighted by atomic mass is 16.2. The summed E-state index contributed by atoms with van der Waals surface area (Å²) in [4.78, 5) is 38.2. The number of amides is 3. The minimum absolute atomic E-state index is 0.0897. The third-order valence-corrected chi connectivity index (χ3v) is 5.55. The van der Waals surface area contributed by atoms with Crippen molar-refractivity contribution in [1.29, 1.82) is 0 Å². The van der Waals surface area contributed by atoms with Crippen molar-refractivity contribution in [2.45, 2.75) is 45.6 Å². The number of piperazine rings is 1. The number of nitrogens with one attached hydrogen (secondary N) is 2. The van der Waals surface area contributed by atoms with E-state index in [-0.39, 0.29) is 17.9 Å². The van der Waals surface area contributed by atoms with Crippen LogP contribution in [0.5, 0.6) is 0 Å². The molecule has 2 aliphatic rings. The SMILES string of the molecule is Cc1cc(N2CCN(C(=O)Nc3cccc(C(=O)NC4CC4)c3)CC2)nc(C(C)C)n1. The zero-order valence-corrected chi connectivity index (χ0v) is 18.4. The molecule has 0 radical (unpaired) electrons. The van der Waals surface area contributed by atoms with Crippen LogP contribution >= 0.6 is 0 Å². The van der Waals surface area contributed by atoms with Gasteiger partial charge in [-0.2, -0.15) is 0 Å². The monoisotopic (exact) mass is 422 g/mol. The number of nitrogens with zero attached hydrogens (tertiary/aromatic N) is 4. The summed E-state index contributed by atoms with van der Waals surface area (Å²) in [6.07, 6.45) is 2.09. The van der Waals surface area contributed by atoms with Crippen molar-refractivity contribution in [1.82, 2.24) is 20.2 Å². The van der Waals surface area contributed by atoms with Crippen LogP contribution in [0.2, 0.25) is 0 Å². The van der Waals surface area contributed by atoms with E-state index < -0.39 is 0 Å². The Morgan fingerprint density at radius 3 is 2.48 bits per heavy atom. The van der Waals surface area contributed by atoms with E-state index in [1.54, 1.807) is 29.2 Å². The summed E-state index contributed by atoms with van der Waals surface area (Å²) in [5.41, 5.74) is 2.15. The first-order chi connectivity index (χ1) is 14.9. The fourth-order valence-electron chi connectivity index (χ4n) is 3.57. The normalized spacial score (nSPS) is 16.4. The Morgan fingerprint density at radius 2 is 1.81 bits per heavy atom. The van der Waals surface area contributed by atoms with Crippen LogP contribution in [-0.2, 0) is 0 Å². The number of hydrogen-bond acceptors (Lipinski definition) is 5. The quantitative estimate of drug-likeness (QED) is 0.773. The molecule has 0 spiro atoms. The van der Waals surface area contributed by atoms with Crippen molar-refractivity contribution in [3.8, 4) is 0 Å². The van der Waals surface area contributed by atoms with Gasteiger partial charge in [-0.3, -0.25) is 4.79 Å². The smallest absolute Gasteiger partial charge is 0.321 e. The van der Waals surface area contributed by atoms with Gasteiger partial charge < -0.3 is 20.4 Å². The Morgan fingerprint density at radius 1 is 1.06 bits per heavy atom. The first-order valence-corrected chi connectivity index (χ1v) is 11.0. The summed E-state index contributed by atoms with van der Waals surface area (Å²) in [5, 5.41) is 5.90. The lowest BCUT2D eigenvalue weighted by Gasteiger charge is -2.35. The fourth-order valence-corrected chi connectivity index (χ4v) is 3.57. The lowest BCUT2D eigenvalue weighted by atomic mass is 10.2. The molecule has 0 atom stereocenters. The molecular formula is C23H30N6O2. The van der Waals surface area contributed by atoms with Crippen molar-refractivity contribution < 1.29 is 9.59 Å². The Labute approximate surface area is 183 Å². The summed E-state index contributed by atoms with van der Waals surface area (Å²) in [6, 6.07) is 9.24. The van der Waals surface area contributed by atoms with E-state index in [4.69, 9.17) is 4.98 Å². The average molecular weight is 423 g/mol. The molecular weight excluding hydrogens is 392 g/mol. The van der Waals surface area contributed by atoms with Gasteiger partial charge in [-0.25, -0.2) is 14.8 Å². The molecule has 1 aliphatic heterocycles. The van der Waals surface area contributed by atoms with Crippen molar-refractivity contribution in [2.24, 2.45) is 0 Å². The molecule has 31 heavy (non-hydrogen) atoms. The number of anilines is 2. The first-order valence-electron chi connectivity index (χ1n) is 11.0. The highest BCUT2D eigenvalue weighted by Crippen LogP contribution is 2.21. The van der Waals surface area contributed by atoms with Gasteiger partial charge in [0.2, 0.25) is 0 Å². The van der Waals surface area contributed by atoms with E-state index in [2.05, 4.69) is 34.4 Å². The third kappa shape index (κ3) is 5.31. The van der Waals surface area contributed by atoms with Gasteiger partial charge in [0, 0.05) is 61.1 Å². The fraction of sp³-hybridized carbons (Fsp3) is 0.478. The van der Waals surface area contributed by atoms with E-state index in [1.165, 1.54) is 0 Å². The first kappa shape index (κ1) is 21.1. The number of carbonyl (C=O) groups is 2. The highest BCUT2D eigenvalue weighted by molar-refractivity contribution is 5.97. The van der Waals surface area contributed by atoms with Gasteiger partial charge in [-0.05, 0) is 38.0 Å². The van der Waals surface area contributed by atoms with Crippen LogP contribution in [0.25, 0.3) is 0 Å². The maximum atomic E-state index is 12.7. The van der Waals surface area contributed by atoms with E-state index in [0.29, 0.717) is 43.5 Å². The lowest BCUT2D eigenvalue weighted by molar-refractivity contribution is 0.0951. The molecule has 1 saturated carbocycles. The number of aryl methyl sites for hydroxylation is 1. The zero-order chi connectivity index (χ0) is 22.0. The maximum absolute atomic E-state index is 12.7. The van der Waals surface area contributed by atoms with Crippen molar-refractivity contribution in [2.75, 3.05) is 36.4 Å². The summed E-state index contributed by atoms with van der Waals surface area (Å²) in [7, 11) is 0. The van der Waals surface area contributed by atoms with Gasteiger partial charge >= 0.3 is 6.03 Å². The lowest BCUT2D eigenvalue weighted by Crippen LogP contribution is -2.50. The van der Waals surface area contributed by atoms with Crippen molar-refractivity contribution in [3.05, 3.63) is 47.4 Å². The minimum Gasteiger partial charge on any atom is -0.353 e. The molecule has 1 aromatic heterocycles. The Bertz CT molecular complexity index is 964. The van der Waals surface area contributed by atoms with Crippen LogP contribution < -0.4 is 15.5 Å². The summed E-state index contributed by atoms with van der Waals surface area (Å²) in [6.45, 7) is 8.80. The van der Waals surface area contributed by atoms with Gasteiger partial charge in [-0.1, -0.05) is 19.9 Å². The number of rotatable bonds is 5. The molecule has 1 aromatic carbocycles. The molecule has 2 N–H and O–H groups in total. The molecule has 2 heterocycles. The standard InChI is InChI=1S/C23H30N6O2/c1-15(2)21-24-16(3)13-20(27-21)28-9-11-29(12-10-28)23(31)26-19-6-4-5-17(14-19)22(30)25-18-7-8-18/h4-6,13-15,18H,7-12H2,1-3H3,(H,25,30)(H,26,31). The largest absolute Gasteiger partial charge is 0.353 e. The predicted molar refractivity (Wildman–Crippen MR) is 121 cm³/mol. The van der Waals surface area contributed by atoms with Gasteiger partial charge in [0.15, 0.2) is 0 Å². The summed E-state index contributed by atoms with van der Waals surface area (Å²) in [5.74, 6) is 1.95. The predicted octanol–water partition coefficient (Wildman–Crippen LogP) is 3.15. The van der Waals surface area contributed by atoms with Crippen LogP contribution in [0.1, 0.15) is 54.5 Å². The molecule has 8 heteroatoms. The highest BCUT2D eigenvalue weighted by Gasteiger charge is 2.25. The average Bonchev–Trinajstić information content (AvgIpc) is 3.57. The maximum Gasteiger partial charge on any atom is 0.321 e. The molecule has 4 rings (SSSR count). The zero-order valence-electron chi connectivity index (χ0n) is 18.4. The molecule has 8 nitrogen and oxygen atoms in total. The van der Waals surface area contributed by atoms with Gasteiger partial charge in [0.05, 0.1) is 0 Å². The van der Waals surface area contributed by atoms with Crippen LogP contribution in [0, 0.1) is 6.92 Å². The molecule has 0 bridgehead atoms. The second-order valence-electron chi connectivity index (χ2n) is 8.61. The van der Waals surface area contributed by atoms with Crippen LogP contribution in [0.15, 0.2) is 30.3 Å². The third-order valence-electron chi connectivity index (χ3n) is 5.55. The molecule has 2 fully saturated rings. The van der Waals surface area contributed by atoms with Gasteiger partial charge in [-0.15, -0.1) is 0 Å². The topological polar surface area (TPSA) is 90.5 Å². The van der Waals surface area contributed by atoms with Crippen LogP contribution in [-0.4, -0.2) is 59.0 Å². The second kappa shape index (κ2) is 8.91. The van der Waals surface area contributed by atoms with Crippen LogP contribution in [0.3, 0.4) is 0 Å². The number of hydrogen-bond donors (Lipinski definition) is 2. The van der Waals surface area contributed by atoms with Crippen molar-refractivity contribution in [3.63, 3.8) is 0 Å². The van der Waals surface area contributed by atoms with Crippen molar-refractivity contribution >= 4 is 23.4 Å². The van der Waals surface area contributed by atoms with E-state index >= 15 is 0 Å². The number of aromatic nitrogens is 2.